The minimum absolute atomic E-state index is 0.128. The smallest absolute Gasteiger partial charge is 0.0894 e. The molecule has 2 saturated carbocycles. The Hall–Kier alpha value is -0.370. The Morgan fingerprint density at radius 2 is 1.62 bits per heavy atom. The predicted molar refractivity (Wildman–Crippen MR) is 101 cm³/mol. The van der Waals surface area contributed by atoms with E-state index in [1.807, 2.05) is 7.11 Å². The molecular formula is C22H39FO. The normalized spacial score (nSPS) is 32.5. The Kier molecular flexibility index (Phi) is 8.80. The van der Waals surface area contributed by atoms with Gasteiger partial charge in [-0.3, -0.25) is 4.39 Å². The lowest BCUT2D eigenvalue weighted by atomic mass is 9.66. The van der Waals surface area contributed by atoms with Crippen LogP contribution < -0.4 is 0 Å². The zero-order chi connectivity index (χ0) is 17.4. The van der Waals surface area contributed by atoms with E-state index in [0.29, 0.717) is 5.92 Å². The van der Waals surface area contributed by atoms with Gasteiger partial charge < -0.3 is 4.74 Å². The lowest BCUT2D eigenvalue weighted by Crippen LogP contribution is -2.29. The van der Waals surface area contributed by atoms with Crippen LogP contribution in [0, 0.1) is 29.6 Å². The molecular weight excluding hydrogens is 299 g/mol. The lowest BCUT2D eigenvalue weighted by Gasteiger charge is -2.39. The number of hydrogen-bond acceptors (Lipinski definition) is 1. The van der Waals surface area contributed by atoms with Crippen molar-refractivity contribution in [2.75, 3.05) is 20.4 Å². The van der Waals surface area contributed by atoms with Gasteiger partial charge in [-0.05, 0) is 94.3 Å². The van der Waals surface area contributed by atoms with Crippen LogP contribution in [0.4, 0.5) is 4.39 Å². The van der Waals surface area contributed by atoms with Crippen LogP contribution in [0.3, 0.4) is 0 Å². The summed E-state index contributed by atoms with van der Waals surface area (Å²) in [6.07, 6.45) is 14.1. The van der Waals surface area contributed by atoms with E-state index < -0.39 is 0 Å². The van der Waals surface area contributed by atoms with Gasteiger partial charge in [-0.2, -0.15) is 0 Å². The monoisotopic (exact) mass is 338 g/mol. The number of methoxy groups -OCH3 is 1. The molecule has 0 radical (unpaired) electrons. The topological polar surface area (TPSA) is 9.23 Å². The summed E-state index contributed by atoms with van der Waals surface area (Å²) in [5.74, 6) is 4.23. The van der Waals surface area contributed by atoms with Gasteiger partial charge in [-0.1, -0.05) is 18.4 Å². The highest BCUT2D eigenvalue weighted by atomic mass is 19.1. The van der Waals surface area contributed by atoms with Gasteiger partial charge in [0.05, 0.1) is 6.67 Å². The Morgan fingerprint density at radius 1 is 1.04 bits per heavy atom. The zero-order valence-corrected chi connectivity index (χ0v) is 16.1. The lowest BCUT2D eigenvalue weighted by molar-refractivity contribution is 0.0773. The zero-order valence-electron chi connectivity index (χ0n) is 16.1. The maximum absolute atomic E-state index is 12.3. The summed E-state index contributed by atoms with van der Waals surface area (Å²) in [4.78, 5) is 0. The van der Waals surface area contributed by atoms with Crippen molar-refractivity contribution in [3.63, 3.8) is 0 Å². The average Bonchev–Trinajstić information content (AvgIpc) is 2.60. The number of ether oxygens (including phenoxy) is 1. The van der Waals surface area contributed by atoms with Gasteiger partial charge in [0.15, 0.2) is 0 Å². The van der Waals surface area contributed by atoms with E-state index in [-0.39, 0.29) is 6.67 Å². The summed E-state index contributed by atoms with van der Waals surface area (Å²) < 4.78 is 17.8. The summed E-state index contributed by atoms with van der Waals surface area (Å²) in [5.41, 5.74) is 1.30. The first-order valence-corrected chi connectivity index (χ1v) is 10.3. The second-order valence-electron chi connectivity index (χ2n) is 8.66. The van der Waals surface area contributed by atoms with Crippen molar-refractivity contribution in [1.29, 1.82) is 0 Å². The summed E-state index contributed by atoms with van der Waals surface area (Å²) >= 11 is 0. The molecule has 1 nitrogen and oxygen atoms in total. The third-order valence-electron chi connectivity index (χ3n) is 6.78. The van der Waals surface area contributed by atoms with E-state index >= 15 is 0 Å². The van der Waals surface area contributed by atoms with Crippen molar-refractivity contribution >= 4 is 0 Å². The minimum Gasteiger partial charge on any atom is -0.384 e. The standard InChI is InChI=1S/C22H39FO/c1-17(2)15-22(16-24-3)21-12-10-20(11-13-21)19-8-6-18(7-9-19)5-4-14-23/h18-22H,1,4-16H2,2-3H3. The van der Waals surface area contributed by atoms with Crippen LogP contribution in [-0.4, -0.2) is 20.4 Å². The molecule has 0 heterocycles. The van der Waals surface area contributed by atoms with Crippen molar-refractivity contribution in [2.45, 2.75) is 77.6 Å². The number of halogens is 1. The molecule has 0 aromatic rings. The first-order valence-electron chi connectivity index (χ1n) is 10.3. The van der Waals surface area contributed by atoms with E-state index in [9.17, 15) is 4.39 Å². The fourth-order valence-corrected chi connectivity index (χ4v) is 5.43. The molecule has 1 atom stereocenters. The molecule has 140 valence electrons. The number of allylic oxidation sites excluding steroid dienone is 1. The van der Waals surface area contributed by atoms with Gasteiger partial charge >= 0.3 is 0 Å². The maximum atomic E-state index is 12.3. The number of rotatable bonds is 9. The molecule has 2 rings (SSSR count). The summed E-state index contributed by atoms with van der Waals surface area (Å²) in [5, 5.41) is 0. The second kappa shape index (κ2) is 10.6. The van der Waals surface area contributed by atoms with Crippen molar-refractivity contribution in [3.8, 4) is 0 Å². The average molecular weight is 339 g/mol. The Bertz CT molecular complexity index is 351. The van der Waals surface area contributed by atoms with Crippen molar-refractivity contribution < 1.29 is 9.13 Å². The van der Waals surface area contributed by atoms with Crippen molar-refractivity contribution in [1.82, 2.24) is 0 Å². The molecule has 0 bridgehead atoms. The minimum atomic E-state index is -0.128. The number of alkyl halides is 1. The van der Waals surface area contributed by atoms with Gasteiger partial charge in [0.25, 0.3) is 0 Å². The van der Waals surface area contributed by atoms with Crippen LogP contribution in [0.2, 0.25) is 0 Å². The van der Waals surface area contributed by atoms with Crippen LogP contribution >= 0.6 is 0 Å². The van der Waals surface area contributed by atoms with Crippen LogP contribution in [0.5, 0.6) is 0 Å². The predicted octanol–water partition coefficient (Wildman–Crippen LogP) is 6.58. The molecule has 0 spiro atoms. The van der Waals surface area contributed by atoms with Crippen LogP contribution in [0.25, 0.3) is 0 Å². The largest absolute Gasteiger partial charge is 0.384 e. The highest BCUT2D eigenvalue weighted by molar-refractivity contribution is 4.93. The number of hydrogen-bond donors (Lipinski definition) is 0. The van der Waals surface area contributed by atoms with Crippen LogP contribution in [0.1, 0.15) is 77.6 Å². The molecule has 1 unspecified atom stereocenters. The highest BCUT2D eigenvalue weighted by Crippen LogP contribution is 2.44. The van der Waals surface area contributed by atoms with Gasteiger partial charge in [-0.25, -0.2) is 0 Å². The molecule has 0 aromatic carbocycles. The molecule has 24 heavy (non-hydrogen) atoms. The molecule has 0 N–H and O–H groups in total. The Labute approximate surface area is 149 Å². The summed E-state index contributed by atoms with van der Waals surface area (Å²) in [6.45, 7) is 7.02. The van der Waals surface area contributed by atoms with Gasteiger partial charge in [-0.15, -0.1) is 6.58 Å². The first kappa shape index (κ1) is 19.9. The summed E-state index contributed by atoms with van der Waals surface area (Å²) in [7, 11) is 1.83. The van der Waals surface area contributed by atoms with Crippen molar-refractivity contribution in [3.05, 3.63) is 12.2 Å². The quantitative estimate of drug-likeness (QED) is 0.432. The van der Waals surface area contributed by atoms with Gasteiger partial charge in [0.1, 0.15) is 0 Å². The third-order valence-corrected chi connectivity index (χ3v) is 6.78. The van der Waals surface area contributed by atoms with Gasteiger partial charge in [0.2, 0.25) is 0 Å². The SMILES string of the molecule is C=C(C)CC(COC)C1CCC(C2CCC(CCCF)CC2)CC1. The summed E-state index contributed by atoms with van der Waals surface area (Å²) in [6, 6.07) is 0. The third kappa shape index (κ3) is 6.17. The molecule has 2 fully saturated rings. The van der Waals surface area contributed by atoms with E-state index in [1.165, 1.54) is 56.9 Å². The second-order valence-corrected chi connectivity index (χ2v) is 8.66. The Morgan fingerprint density at radius 3 is 2.12 bits per heavy atom. The first-order chi connectivity index (χ1) is 11.6. The maximum Gasteiger partial charge on any atom is 0.0894 e. The fraction of sp³-hybridized carbons (Fsp3) is 0.909. The molecule has 2 aliphatic rings. The molecule has 0 aromatic heterocycles. The van der Waals surface area contributed by atoms with E-state index in [4.69, 9.17) is 4.74 Å². The molecule has 0 saturated heterocycles. The van der Waals surface area contributed by atoms with Crippen LogP contribution in [-0.2, 0) is 4.74 Å². The molecule has 0 aliphatic heterocycles. The van der Waals surface area contributed by atoms with Crippen LogP contribution in [0.15, 0.2) is 12.2 Å². The van der Waals surface area contributed by atoms with Crippen molar-refractivity contribution in [2.24, 2.45) is 29.6 Å². The van der Waals surface area contributed by atoms with Gasteiger partial charge in [0, 0.05) is 13.7 Å². The highest BCUT2D eigenvalue weighted by Gasteiger charge is 2.33. The molecule has 2 heteroatoms. The van der Waals surface area contributed by atoms with E-state index in [0.717, 1.165) is 49.5 Å². The Balaban J connectivity index is 1.73. The fourth-order valence-electron chi connectivity index (χ4n) is 5.43. The van der Waals surface area contributed by atoms with E-state index in [2.05, 4.69) is 13.5 Å². The van der Waals surface area contributed by atoms with E-state index in [1.54, 1.807) is 0 Å². The molecule has 0 amide bonds. The molecule has 2 aliphatic carbocycles.